The Morgan fingerprint density at radius 3 is 2.79 bits per heavy atom. The van der Waals surface area contributed by atoms with Gasteiger partial charge in [-0.2, -0.15) is 5.10 Å². The van der Waals surface area contributed by atoms with Crippen molar-refractivity contribution in [1.82, 2.24) is 19.7 Å². The minimum absolute atomic E-state index is 0. The fraction of sp³-hybridized carbons (Fsp3) is 0.429. The zero-order chi connectivity index (χ0) is 19.3. The Hall–Kier alpha value is -2.51. The van der Waals surface area contributed by atoms with Gasteiger partial charge in [0.05, 0.1) is 24.0 Å². The van der Waals surface area contributed by atoms with Gasteiger partial charge < -0.3 is 10.0 Å². The number of β-amino-alcohol motifs (C(OH)–C–C–N with tert-alkyl or cyclic N) is 1. The van der Waals surface area contributed by atoms with Crippen LogP contribution in [0.1, 0.15) is 46.8 Å². The molecule has 1 saturated carbocycles. The molecule has 1 aliphatic heterocycles. The van der Waals surface area contributed by atoms with E-state index in [-0.39, 0.29) is 24.3 Å². The van der Waals surface area contributed by atoms with Crippen molar-refractivity contribution in [3.05, 3.63) is 47.5 Å². The lowest BCUT2D eigenvalue weighted by Gasteiger charge is -2.16. The number of fused-ring (bicyclic) bond motifs is 1. The van der Waals surface area contributed by atoms with E-state index < -0.39 is 0 Å². The van der Waals surface area contributed by atoms with E-state index in [1.165, 1.54) is 24.6 Å². The van der Waals surface area contributed by atoms with E-state index in [9.17, 15) is 9.90 Å². The SMILES string of the molecule is Cl.Cn1cc2cc(CC(=O)c3cncc(N4CCC(O)C4)n3)c(C3CC3)cc2n1. The molecule has 1 aliphatic carbocycles. The molecule has 3 aromatic rings. The van der Waals surface area contributed by atoms with Crippen LogP contribution < -0.4 is 4.90 Å². The lowest BCUT2D eigenvalue weighted by Crippen LogP contribution is -2.23. The highest BCUT2D eigenvalue weighted by molar-refractivity contribution is 5.96. The number of nitrogens with zero attached hydrogens (tertiary/aromatic N) is 5. The van der Waals surface area contributed by atoms with Crippen molar-refractivity contribution in [2.24, 2.45) is 7.05 Å². The number of Topliss-reactive ketones (excluding diaryl/α,β-unsaturated/α-hetero) is 1. The van der Waals surface area contributed by atoms with Crippen LogP contribution >= 0.6 is 12.4 Å². The van der Waals surface area contributed by atoms with Crippen molar-refractivity contribution >= 4 is 34.9 Å². The highest BCUT2D eigenvalue weighted by Crippen LogP contribution is 2.43. The summed E-state index contributed by atoms with van der Waals surface area (Å²) >= 11 is 0. The number of anilines is 1. The molecule has 0 amide bonds. The first-order valence-electron chi connectivity index (χ1n) is 9.81. The van der Waals surface area contributed by atoms with E-state index in [0.717, 1.165) is 29.4 Å². The van der Waals surface area contributed by atoms with Gasteiger partial charge in [-0.15, -0.1) is 12.4 Å². The second-order valence-electron chi connectivity index (χ2n) is 7.94. The Labute approximate surface area is 175 Å². The number of ketones is 1. The maximum Gasteiger partial charge on any atom is 0.187 e. The van der Waals surface area contributed by atoms with Gasteiger partial charge in [0.15, 0.2) is 5.78 Å². The van der Waals surface area contributed by atoms with Crippen molar-refractivity contribution in [1.29, 1.82) is 0 Å². The summed E-state index contributed by atoms with van der Waals surface area (Å²) in [7, 11) is 1.91. The van der Waals surface area contributed by atoms with Crippen molar-refractivity contribution in [2.75, 3.05) is 18.0 Å². The normalized spacial score (nSPS) is 18.8. The number of hydrogen-bond acceptors (Lipinski definition) is 6. The Morgan fingerprint density at radius 1 is 1.24 bits per heavy atom. The predicted octanol–water partition coefficient (Wildman–Crippen LogP) is 2.66. The van der Waals surface area contributed by atoms with Crippen LogP contribution in [0.15, 0.2) is 30.7 Å². The summed E-state index contributed by atoms with van der Waals surface area (Å²) in [6.07, 6.45) is 8.22. The fourth-order valence-electron chi connectivity index (χ4n) is 4.04. The molecule has 0 bridgehead atoms. The molecule has 7 nitrogen and oxygen atoms in total. The standard InChI is InChI=1S/C21H23N5O2.ClH/c1-25-11-15-6-14(17(13-2-3-13)8-18(15)24-25)7-20(28)19-9-22-10-21(23-19)26-5-4-16(27)12-26;/h6,8-11,13,16,27H,2-5,7,12H2,1H3;1H. The highest BCUT2D eigenvalue weighted by Gasteiger charge is 2.28. The van der Waals surface area contributed by atoms with E-state index in [1.807, 2.05) is 22.8 Å². The Morgan fingerprint density at radius 2 is 2.07 bits per heavy atom. The average Bonchev–Trinajstić information content (AvgIpc) is 3.33. The topological polar surface area (TPSA) is 84.1 Å². The Kier molecular flexibility index (Phi) is 5.27. The van der Waals surface area contributed by atoms with Crippen LogP contribution in [0.25, 0.3) is 10.9 Å². The van der Waals surface area contributed by atoms with Crippen molar-refractivity contribution in [2.45, 2.75) is 37.7 Å². The number of aromatic nitrogens is 4. The van der Waals surface area contributed by atoms with Gasteiger partial charge in [-0.25, -0.2) is 4.98 Å². The summed E-state index contributed by atoms with van der Waals surface area (Å²) in [6, 6.07) is 4.24. The molecule has 0 radical (unpaired) electrons. The number of benzene rings is 1. The Balaban J connectivity index is 0.00000205. The van der Waals surface area contributed by atoms with E-state index in [0.29, 0.717) is 30.4 Å². The molecule has 2 aliphatic rings. The molecule has 0 spiro atoms. The second kappa shape index (κ2) is 7.72. The van der Waals surface area contributed by atoms with Crippen molar-refractivity contribution < 1.29 is 9.90 Å². The zero-order valence-corrected chi connectivity index (χ0v) is 17.1. The number of hydrogen-bond donors (Lipinski definition) is 1. The molecule has 2 fully saturated rings. The van der Waals surface area contributed by atoms with Crippen LogP contribution in [0.5, 0.6) is 0 Å². The fourth-order valence-corrected chi connectivity index (χ4v) is 4.04. The zero-order valence-electron chi connectivity index (χ0n) is 16.3. The number of aryl methyl sites for hydroxylation is 1. The molecule has 3 heterocycles. The molecule has 29 heavy (non-hydrogen) atoms. The van der Waals surface area contributed by atoms with Gasteiger partial charge in [0.25, 0.3) is 0 Å². The van der Waals surface area contributed by atoms with Crippen molar-refractivity contribution in [3.63, 3.8) is 0 Å². The monoisotopic (exact) mass is 413 g/mol. The van der Waals surface area contributed by atoms with E-state index in [4.69, 9.17) is 0 Å². The van der Waals surface area contributed by atoms with Crippen LogP contribution in [0.2, 0.25) is 0 Å². The summed E-state index contributed by atoms with van der Waals surface area (Å²) in [6.45, 7) is 1.27. The summed E-state index contributed by atoms with van der Waals surface area (Å²) in [4.78, 5) is 23.7. The largest absolute Gasteiger partial charge is 0.391 e. The van der Waals surface area contributed by atoms with Crippen LogP contribution in [-0.2, 0) is 13.5 Å². The molecule has 5 rings (SSSR count). The van der Waals surface area contributed by atoms with Crippen LogP contribution in [-0.4, -0.2) is 49.8 Å². The van der Waals surface area contributed by atoms with Gasteiger partial charge in [-0.05, 0) is 48.4 Å². The second-order valence-corrected chi connectivity index (χ2v) is 7.94. The molecular weight excluding hydrogens is 390 g/mol. The molecule has 2 aromatic heterocycles. The summed E-state index contributed by atoms with van der Waals surface area (Å²) in [5.74, 6) is 1.17. The smallest absolute Gasteiger partial charge is 0.187 e. The minimum Gasteiger partial charge on any atom is -0.391 e. The van der Waals surface area contributed by atoms with Crippen LogP contribution in [0.3, 0.4) is 0 Å². The Bertz CT molecular complexity index is 1060. The summed E-state index contributed by atoms with van der Waals surface area (Å²) in [5, 5.41) is 15.3. The summed E-state index contributed by atoms with van der Waals surface area (Å²) in [5.41, 5.74) is 3.67. The number of halogens is 1. The first kappa shape index (κ1) is 19.8. The number of carbonyl (C=O) groups excluding carboxylic acids is 1. The number of aliphatic hydroxyl groups is 1. The van der Waals surface area contributed by atoms with E-state index in [1.54, 1.807) is 6.20 Å². The van der Waals surface area contributed by atoms with E-state index >= 15 is 0 Å². The quantitative estimate of drug-likeness (QED) is 0.647. The van der Waals surface area contributed by atoms with Gasteiger partial charge >= 0.3 is 0 Å². The third kappa shape index (κ3) is 3.97. The maximum absolute atomic E-state index is 13.0. The molecule has 1 aromatic carbocycles. The van der Waals surface area contributed by atoms with E-state index in [2.05, 4.69) is 27.2 Å². The lowest BCUT2D eigenvalue weighted by molar-refractivity contribution is 0.0987. The molecule has 1 N–H and O–H groups in total. The average molecular weight is 414 g/mol. The molecular formula is C21H24ClN5O2. The molecule has 1 atom stereocenters. The molecule has 8 heteroatoms. The van der Waals surface area contributed by atoms with Gasteiger partial charge in [0, 0.05) is 38.1 Å². The number of carbonyl (C=O) groups is 1. The highest BCUT2D eigenvalue weighted by atomic mass is 35.5. The minimum atomic E-state index is -0.339. The third-order valence-electron chi connectivity index (χ3n) is 5.64. The van der Waals surface area contributed by atoms with Gasteiger partial charge in [-0.3, -0.25) is 14.5 Å². The maximum atomic E-state index is 13.0. The van der Waals surface area contributed by atoms with Crippen LogP contribution in [0.4, 0.5) is 5.82 Å². The molecule has 1 saturated heterocycles. The third-order valence-corrected chi connectivity index (χ3v) is 5.64. The number of rotatable bonds is 5. The molecule has 152 valence electrons. The van der Waals surface area contributed by atoms with Gasteiger partial charge in [0.2, 0.25) is 0 Å². The molecule has 1 unspecified atom stereocenters. The van der Waals surface area contributed by atoms with Crippen molar-refractivity contribution in [3.8, 4) is 0 Å². The first-order valence-corrected chi connectivity index (χ1v) is 9.81. The lowest BCUT2D eigenvalue weighted by atomic mass is 9.96. The summed E-state index contributed by atoms with van der Waals surface area (Å²) < 4.78 is 1.81. The van der Waals surface area contributed by atoms with Gasteiger partial charge in [0.1, 0.15) is 11.5 Å². The first-order chi connectivity index (χ1) is 13.6. The van der Waals surface area contributed by atoms with Gasteiger partial charge in [-0.1, -0.05) is 0 Å². The van der Waals surface area contributed by atoms with Crippen LogP contribution in [0, 0.1) is 0 Å². The predicted molar refractivity (Wildman–Crippen MR) is 113 cm³/mol. The number of aliphatic hydroxyl groups excluding tert-OH is 1.